The van der Waals surface area contributed by atoms with Gasteiger partial charge in [-0.1, -0.05) is 6.07 Å². The number of sulfonamides is 1. The Morgan fingerprint density at radius 3 is 2.44 bits per heavy atom. The van der Waals surface area contributed by atoms with E-state index in [2.05, 4.69) is 4.72 Å². The van der Waals surface area contributed by atoms with Crippen LogP contribution in [0, 0.1) is 17.0 Å². The standard InChI is InChI=1S/C17H18N2O7S/c1-3-25-17(20)11-26-14-6-8-15(9-7-14)27(23,24)18-16-10-13(19(21)22)5-4-12(16)2/h4-10,18H,3,11H2,1-2H3. The minimum atomic E-state index is -3.95. The summed E-state index contributed by atoms with van der Waals surface area (Å²) in [6, 6.07) is 9.31. The van der Waals surface area contributed by atoms with Crippen LogP contribution in [-0.4, -0.2) is 32.5 Å². The number of nitrogens with zero attached hydrogens (tertiary/aromatic N) is 1. The lowest BCUT2D eigenvalue weighted by Gasteiger charge is -2.11. The van der Waals surface area contributed by atoms with Crippen LogP contribution >= 0.6 is 0 Å². The minimum absolute atomic E-state index is 0.0584. The molecule has 0 fully saturated rings. The van der Waals surface area contributed by atoms with Gasteiger partial charge in [0.1, 0.15) is 5.75 Å². The molecular formula is C17H18N2O7S. The van der Waals surface area contributed by atoms with E-state index in [-0.39, 0.29) is 29.5 Å². The number of esters is 1. The molecule has 0 radical (unpaired) electrons. The number of ether oxygens (including phenoxy) is 2. The zero-order valence-electron chi connectivity index (χ0n) is 14.7. The quantitative estimate of drug-likeness (QED) is 0.414. The second kappa shape index (κ2) is 8.49. The number of carbonyl (C=O) groups is 1. The molecule has 0 spiro atoms. The summed E-state index contributed by atoms with van der Waals surface area (Å²) in [6.07, 6.45) is 0. The van der Waals surface area contributed by atoms with Crippen LogP contribution in [0.2, 0.25) is 0 Å². The number of carbonyl (C=O) groups excluding carboxylic acids is 1. The first kappa shape index (κ1) is 20.2. The molecule has 0 bridgehead atoms. The van der Waals surface area contributed by atoms with E-state index >= 15 is 0 Å². The predicted molar refractivity (Wildman–Crippen MR) is 97.2 cm³/mol. The lowest BCUT2D eigenvalue weighted by atomic mass is 10.2. The van der Waals surface area contributed by atoms with Gasteiger partial charge in [-0.25, -0.2) is 13.2 Å². The van der Waals surface area contributed by atoms with Crippen molar-refractivity contribution in [2.24, 2.45) is 0 Å². The molecule has 0 atom stereocenters. The molecular weight excluding hydrogens is 376 g/mol. The van der Waals surface area contributed by atoms with Crippen molar-refractivity contribution in [1.29, 1.82) is 0 Å². The topological polar surface area (TPSA) is 125 Å². The third kappa shape index (κ3) is 5.42. The molecule has 0 heterocycles. The first-order chi connectivity index (χ1) is 12.7. The summed E-state index contributed by atoms with van der Waals surface area (Å²) in [7, 11) is -3.95. The van der Waals surface area contributed by atoms with Crippen LogP contribution < -0.4 is 9.46 Å². The number of non-ortho nitro benzene ring substituents is 1. The van der Waals surface area contributed by atoms with Gasteiger partial charge in [-0.2, -0.15) is 0 Å². The largest absolute Gasteiger partial charge is 0.482 e. The first-order valence-electron chi connectivity index (χ1n) is 7.89. The fraction of sp³-hybridized carbons (Fsp3) is 0.235. The summed E-state index contributed by atoms with van der Waals surface area (Å²) in [5, 5.41) is 10.9. The van der Waals surface area contributed by atoms with Gasteiger partial charge in [0.15, 0.2) is 6.61 Å². The molecule has 0 aromatic heterocycles. The van der Waals surface area contributed by atoms with Crippen molar-refractivity contribution in [3.05, 3.63) is 58.1 Å². The fourth-order valence-electron chi connectivity index (χ4n) is 2.10. The van der Waals surface area contributed by atoms with Gasteiger partial charge in [0, 0.05) is 12.1 Å². The van der Waals surface area contributed by atoms with Crippen molar-refractivity contribution in [3.8, 4) is 5.75 Å². The van der Waals surface area contributed by atoms with Crippen molar-refractivity contribution in [3.63, 3.8) is 0 Å². The van der Waals surface area contributed by atoms with E-state index in [9.17, 15) is 23.3 Å². The lowest BCUT2D eigenvalue weighted by molar-refractivity contribution is -0.384. The number of anilines is 1. The molecule has 1 N–H and O–H groups in total. The van der Waals surface area contributed by atoms with Gasteiger partial charge in [-0.05, 0) is 43.7 Å². The molecule has 0 aliphatic carbocycles. The highest BCUT2D eigenvalue weighted by molar-refractivity contribution is 7.92. The Morgan fingerprint density at radius 1 is 1.19 bits per heavy atom. The van der Waals surface area contributed by atoms with Gasteiger partial charge in [0.05, 0.1) is 22.1 Å². The van der Waals surface area contributed by atoms with Gasteiger partial charge in [0.2, 0.25) is 0 Å². The minimum Gasteiger partial charge on any atom is -0.482 e. The van der Waals surface area contributed by atoms with Crippen molar-refractivity contribution in [2.75, 3.05) is 17.9 Å². The van der Waals surface area contributed by atoms with Crippen molar-refractivity contribution in [1.82, 2.24) is 0 Å². The van der Waals surface area contributed by atoms with Gasteiger partial charge < -0.3 is 9.47 Å². The number of nitro groups is 1. The normalized spacial score (nSPS) is 10.9. The SMILES string of the molecule is CCOC(=O)COc1ccc(S(=O)(=O)Nc2cc([N+](=O)[O-])ccc2C)cc1. The third-order valence-electron chi connectivity index (χ3n) is 3.47. The second-order valence-electron chi connectivity index (χ2n) is 5.43. The fourth-order valence-corrected chi connectivity index (χ4v) is 3.22. The van der Waals surface area contributed by atoms with Gasteiger partial charge in [-0.15, -0.1) is 0 Å². The smallest absolute Gasteiger partial charge is 0.344 e. The summed E-state index contributed by atoms with van der Waals surface area (Å²) in [5.41, 5.74) is 0.436. The number of aryl methyl sites for hydroxylation is 1. The van der Waals surface area contributed by atoms with Crippen LogP contribution in [0.3, 0.4) is 0 Å². The van der Waals surface area contributed by atoms with Crippen LogP contribution in [0.4, 0.5) is 11.4 Å². The Balaban J connectivity index is 2.14. The first-order valence-corrected chi connectivity index (χ1v) is 9.37. The molecule has 0 unspecified atom stereocenters. The third-order valence-corrected chi connectivity index (χ3v) is 4.85. The highest BCUT2D eigenvalue weighted by atomic mass is 32.2. The molecule has 9 nitrogen and oxygen atoms in total. The molecule has 10 heteroatoms. The van der Waals surface area contributed by atoms with Crippen LogP contribution in [0.5, 0.6) is 5.75 Å². The van der Waals surface area contributed by atoms with Gasteiger partial charge in [-0.3, -0.25) is 14.8 Å². The molecule has 2 rings (SSSR count). The summed E-state index contributed by atoms with van der Waals surface area (Å²) >= 11 is 0. The molecule has 0 saturated heterocycles. The van der Waals surface area contributed by atoms with E-state index in [1.165, 1.54) is 36.4 Å². The van der Waals surface area contributed by atoms with Crippen LogP contribution in [0.1, 0.15) is 12.5 Å². The highest BCUT2D eigenvalue weighted by Crippen LogP contribution is 2.25. The predicted octanol–water partition coefficient (Wildman–Crippen LogP) is 2.65. The van der Waals surface area contributed by atoms with E-state index < -0.39 is 20.9 Å². The number of rotatable bonds is 8. The maximum atomic E-state index is 12.5. The van der Waals surface area contributed by atoms with E-state index in [0.29, 0.717) is 11.3 Å². The summed E-state index contributed by atoms with van der Waals surface area (Å²) in [4.78, 5) is 21.5. The molecule has 0 aliphatic rings. The highest BCUT2D eigenvalue weighted by Gasteiger charge is 2.17. The number of hydrogen-bond donors (Lipinski definition) is 1. The second-order valence-corrected chi connectivity index (χ2v) is 7.11. The molecule has 144 valence electrons. The lowest BCUT2D eigenvalue weighted by Crippen LogP contribution is -2.15. The monoisotopic (exact) mass is 394 g/mol. The van der Waals surface area contributed by atoms with Crippen LogP contribution in [0.15, 0.2) is 47.4 Å². The zero-order valence-corrected chi connectivity index (χ0v) is 15.5. The summed E-state index contributed by atoms with van der Waals surface area (Å²) in [5.74, 6) is -0.231. The molecule has 0 saturated carbocycles. The van der Waals surface area contributed by atoms with Gasteiger partial charge in [0.25, 0.3) is 15.7 Å². The maximum absolute atomic E-state index is 12.5. The average molecular weight is 394 g/mol. The molecule has 2 aromatic rings. The molecule has 0 aliphatic heterocycles. The Hall–Kier alpha value is -3.14. The van der Waals surface area contributed by atoms with E-state index in [4.69, 9.17) is 9.47 Å². The van der Waals surface area contributed by atoms with E-state index in [1.807, 2.05) is 0 Å². The zero-order chi connectivity index (χ0) is 20.0. The molecule has 27 heavy (non-hydrogen) atoms. The maximum Gasteiger partial charge on any atom is 0.344 e. The molecule has 2 aromatic carbocycles. The molecule has 0 amide bonds. The number of benzene rings is 2. The number of nitrogens with one attached hydrogen (secondary N) is 1. The van der Waals surface area contributed by atoms with E-state index in [1.54, 1.807) is 13.8 Å². The van der Waals surface area contributed by atoms with Gasteiger partial charge >= 0.3 is 5.97 Å². The Kier molecular flexibility index (Phi) is 6.35. The Morgan fingerprint density at radius 2 is 1.85 bits per heavy atom. The van der Waals surface area contributed by atoms with E-state index in [0.717, 1.165) is 6.07 Å². The summed E-state index contributed by atoms with van der Waals surface area (Å²) < 4.78 is 37.3. The number of hydrogen-bond acceptors (Lipinski definition) is 7. The number of nitro benzene ring substituents is 1. The van der Waals surface area contributed by atoms with Crippen molar-refractivity contribution >= 4 is 27.4 Å². The van der Waals surface area contributed by atoms with Crippen LogP contribution in [0.25, 0.3) is 0 Å². The average Bonchev–Trinajstić information content (AvgIpc) is 2.62. The van der Waals surface area contributed by atoms with Crippen molar-refractivity contribution in [2.45, 2.75) is 18.7 Å². The van der Waals surface area contributed by atoms with Crippen molar-refractivity contribution < 1.29 is 27.6 Å². The Bertz CT molecular complexity index is 940. The Labute approximate surface area is 156 Å². The summed E-state index contributed by atoms with van der Waals surface area (Å²) in [6.45, 7) is 3.26. The van der Waals surface area contributed by atoms with Crippen LogP contribution in [-0.2, 0) is 19.6 Å².